The van der Waals surface area contributed by atoms with Crippen molar-refractivity contribution in [3.63, 3.8) is 0 Å². The molecule has 4 N–H and O–H groups in total. The first-order chi connectivity index (χ1) is 14.0. The van der Waals surface area contributed by atoms with Gasteiger partial charge in [0.25, 0.3) is 0 Å². The van der Waals surface area contributed by atoms with Crippen LogP contribution in [-0.2, 0) is 4.79 Å². The van der Waals surface area contributed by atoms with Crippen LogP contribution in [0.5, 0.6) is 5.75 Å². The maximum atomic E-state index is 13.5. The molecule has 0 radical (unpaired) electrons. The Balaban J connectivity index is 1.25. The second-order valence-corrected chi connectivity index (χ2v) is 8.95. The van der Waals surface area contributed by atoms with Crippen LogP contribution < -0.4 is 20.7 Å². The van der Waals surface area contributed by atoms with E-state index < -0.39 is 12.0 Å². The van der Waals surface area contributed by atoms with E-state index >= 15 is 0 Å². The van der Waals surface area contributed by atoms with Crippen molar-refractivity contribution in [3.05, 3.63) is 29.0 Å². The quantitative estimate of drug-likeness (QED) is 0.503. The number of amides is 1. The van der Waals surface area contributed by atoms with Crippen molar-refractivity contribution in [3.8, 4) is 5.75 Å². The average molecular weight is 426 g/mol. The van der Waals surface area contributed by atoms with Gasteiger partial charge in [-0.3, -0.25) is 10.1 Å². The van der Waals surface area contributed by atoms with Crippen molar-refractivity contribution in [1.82, 2.24) is 16.0 Å². The normalized spacial score (nSPS) is 30.3. The summed E-state index contributed by atoms with van der Waals surface area (Å²) >= 11 is 5.67. The summed E-state index contributed by atoms with van der Waals surface area (Å²) in [5, 5.41) is 20.2. The van der Waals surface area contributed by atoms with E-state index in [0.717, 1.165) is 45.2 Å². The number of rotatable bonds is 7. The lowest BCUT2D eigenvalue weighted by molar-refractivity contribution is -0.128. The number of aliphatic hydroxyl groups is 1. The summed E-state index contributed by atoms with van der Waals surface area (Å²) in [5.41, 5.74) is 0. The largest absolute Gasteiger partial charge is 0.489 e. The Morgan fingerprint density at radius 3 is 2.69 bits per heavy atom. The molecule has 0 spiro atoms. The minimum atomic E-state index is -0.864. The van der Waals surface area contributed by atoms with Gasteiger partial charge < -0.3 is 20.5 Å². The molecule has 0 aromatic heterocycles. The predicted molar refractivity (Wildman–Crippen MR) is 108 cm³/mol. The van der Waals surface area contributed by atoms with Crippen molar-refractivity contribution in [2.75, 3.05) is 19.7 Å². The number of fused-ring (bicyclic) bond motifs is 2. The summed E-state index contributed by atoms with van der Waals surface area (Å²) in [6, 6.07) is 4.51. The van der Waals surface area contributed by atoms with Crippen LogP contribution in [0.1, 0.15) is 32.1 Å². The Morgan fingerprint density at radius 1 is 1.24 bits per heavy atom. The van der Waals surface area contributed by atoms with Crippen LogP contribution in [0.25, 0.3) is 0 Å². The van der Waals surface area contributed by atoms with E-state index in [-0.39, 0.29) is 35.5 Å². The van der Waals surface area contributed by atoms with Gasteiger partial charge >= 0.3 is 0 Å². The molecule has 3 atom stereocenters. The molecule has 3 unspecified atom stereocenters. The summed E-state index contributed by atoms with van der Waals surface area (Å²) in [6.07, 6.45) is 3.90. The molecule has 3 aliphatic carbocycles. The molecule has 1 heterocycles. The summed E-state index contributed by atoms with van der Waals surface area (Å²) in [4.78, 5) is 12.6. The third-order valence-electron chi connectivity index (χ3n) is 6.60. The van der Waals surface area contributed by atoms with Crippen molar-refractivity contribution < 1.29 is 19.0 Å². The van der Waals surface area contributed by atoms with Gasteiger partial charge in [-0.1, -0.05) is 11.6 Å². The Hall–Kier alpha value is -1.41. The molecule has 29 heavy (non-hydrogen) atoms. The molecule has 3 saturated carbocycles. The molecule has 8 heteroatoms. The average Bonchev–Trinajstić information content (AvgIpc) is 2.68. The molecular weight excluding hydrogens is 397 g/mol. The lowest BCUT2D eigenvalue weighted by atomic mass is 9.60. The fourth-order valence-electron chi connectivity index (χ4n) is 4.83. The molecule has 1 aromatic carbocycles. The van der Waals surface area contributed by atoms with Crippen LogP contribution in [0.2, 0.25) is 5.02 Å². The number of carbonyl (C=O) groups excluding carboxylic acids is 1. The number of benzene rings is 1. The number of hydrogen-bond donors (Lipinski definition) is 4. The summed E-state index contributed by atoms with van der Waals surface area (Å²) in [7, 11) is 0. The van der Waals surface area contributed by atoms with E-state index in [1.54, 1.807) is 6.07 Å². The predicted octanol–water partition coefficient (Wildman–Crippen LogP) is 2.05. The van der Waals surface area contributed by atoms with Crippen molar-refractivity contribution in [2.45, 2.75) is 50.4 Å². The molecule has 5 rings (SSSR count). The summed E-state index contributed by atoms with van der Waals surface area (Å²) in [5.74, 6) is 1.14. The Kier molecular flexibility index (Phi) is 6.59. The molecule has 4 fully saturated rings. The zero-order valence-electron chi connectivity index (χ0n) is 16.4. The Morgan fingerprint density at radius 2 is 1.97 bits per heavy atom. The van der Waals surface area contributed by atoms with Crippen LogP contribution in [-0.4, -0.2) is 49.0 Å². The van der Waals surface area contributed by atoms with E-state index in [4.69, 9.17) is 16.3 Å². The zero-order valence-corrected chi connectivity index (χ0v) is 17.1. The standard InChI is InChI=1S/C21H29ClFN3O3/c22-16-2-1-15(9-17(16)23)29-11-20(27)25-18-10-19(14-7-13(18)8-14)26-21(28)12-3-5-24-6-4-12/h1-2,9,12-14,18-20,24-25,27H,3-8,10-11H2,(H,26,28). The van der Waals surface area contributed by atoms with Gasteiger partial charge in [-0.2, -0.15) is 0 Å². The van der Waals surface area contributed by atoms with Crippen molar-refractivity contribution in [1.29, 1.82) is 0 Å². The van der Waals surface area contributed by atoms with Gasteiger partial charge in [-0.25, -0.2) is 4.39 Å². The van der Waals surface area contributed by atoms with Gasteiger partial charge in [0.15, 0.2) is 0 Å². The summed E-state index contributed by atoms with van der Waals surface area (Å²) in [6.45, 7) is 1.82. The number of nitrogens with one attached hydrogen (secondary N) is 3. The maximum Gasteiger partial charge on any atom is 0.223 e. The van der Waals surface area contributed by atoms with Gasteiger partial charge in [0.1, 0.15) is 24.4 Å². The minimum absolute atomic E-state index is 0.0137. The van der Waals surface area contributed by atoms with Gasteiger partial charge in [-0.05, 0) is 69.2 Å². The fourth-order valence-corrected chi connectivity index (χ4v) is 4.94. The van der Waals surface area contributed by atoms with E-state index in [1.807, 2.05) is 0 Å². The Labute approximate surface area is 175 Å². The molecule has 2 bridgehead atoms. The van der Waals surface area contributed by atoms with Gasteiger partial charge in [0.2, 0.25) is 5.91 Å². The highest BCUT2D eigenvalue weighted by Crippen LogP contribution is 2.46. The number of hydrogen-bond acceptors (Lipinski definition) is 5. The molecule has 1 saturated heterocycles. The molecule has 1 amide bonds. The monoisotopic (exact) mass is 425 g/mol. The first-order valence-corrected chi connectivity index (χ1v) is 10.9. The van der Waals surface area contributed by atoms with Gasteiger partial charge in [0, 0.05) is 24.1 Å². The minimum Gasteiger partial charge on any atom is -0.489 e. The van der Waals surface area contributed by atoms with Crippen LogP contribution >= 0.6 is 11.6 Å². The topological polar surface area (TPSA) is 82.6 Å². The lowest BCUT2D eigenvalue weighted by Crippen LogP contribution is -2.61. The van der Waals surface area contributed by atoms with Gasteiger partial charge in [0.05, 0.1) is 5.02 Å². The fraction of sp³-hybridized carbons (Fsp3) is 0.667. The molecule has 160 valence electrons. The molecule has 6 nitrogen and oxygen atoms in total. The first-order valence-electron chi connectivity index (χ1n) is 10.5. The lowest BCUT2D eigenvalue weighted by Gasteiger charge is -2.52. The highest BCUT2D eigenvalue weighted by molar-refractivity contribution is 6.30. The maximum absolute atomic E-state index is 13.5. The van der Waals surface area contributed by atoms with Crippen molar-refractivity contribution >= 4 is 17.5 Å². The third kappa shape index (κ3) is 5.02. The number of piperidine rings is 1. The first kappa shape index (κ1) is 20.8. The van der Waals surface area contributed by atoms with Crippen LogP contribution in [0.15, 0.2) is 18.2 Å². The highest BCUT2D eigenvalue weighted by atomic mass is 35.5. The van der Waals surface area contributed by atoms with Gasteiger partial charge in [-0.15, -0.1) is 0 Å². The van der Waals surface area contributed by atoms with E-state index in [9.17, 15) is 14.3 Å². The SMILES string of the molecule is O=C(NC1CC(NC(O)COc2ccc(Cl)c(F)c2)C2CC1C2)C1CCNCC1. The Bertz CT molecular complexity index is 725. The van der Waals surface area contributed by atoms with E-state index in [0.29, 0.717) is 17.6 Å². The third-order valence-corrected chi connectivity index (χ3v) is 6.91. The second-order valence-electron chi connectivity index (χ2n) is 8.54. The smallest absolute Gasteiger partial charge is 0.223 e. The molecule has 4 aliphatic rings. The number of ether oxygens (including phenoxy) is 1. The summed E-state index contributed by atoms with van der Waals surface area (Å²) < 4.78 is 19.0. The van der Waals surface area contributed by atoms with Crippen LogP contribution in [0.4, 0.5) is 4.39 Å². The molecule has 1 aromatic rings. The van der Waals surface area contributed by atoms with E-state index in [1.165, 1.54) is 12.1 Å². The van der Waals surface area contributed by atoms with Crippen LogP contribution in [0, 0.1) is 23.6 Å². The van der Waals surface area contributed by atoms with Crippen LogP contribution in [0.3, 0.4) is 0 Å². The second kappa shape index (κ2) is 9.16. The number of carbonyl (C=O) groups is 1. The highest BCUT2D eigenvalue weighted by Gasteiger charge is 2.47. The molecular formula is C21H29ClFN3O3. The van der Waals surface area contributed by atoms with Crippen molar-refractivity contribution in [2.24, 2.45) is 17.8 Å². The molecule has 1 aliphatic heterocycles. The number of aliphatic hydroxyl groups excluding tert-OH is 1. The zero-order chi connectivity index (χ0) is 20.4. The number of halogens is 2. The van der Waals surface area contributed by atoms with E-state index in [2.05, 4.69) is 16.0 Å².